The number of carboxylic acid groups (broad SMARTS) is 1. The van der Waals surface area contributed by atoms with Gasteiger partial charge in [0.05, 0.1) is 0 Å². The molecule has 1 atom stereocenters. The van der Waals surface area contributed by atoms with Crippen molar-refractivity contribution in [3.05, 3.63) is 40.5 Å². The molecule has 1 unspecified atom stereocenters. The first-order valence-corrected chi connectivity index (χ1v) is 7.09. The van der Waals surface area contributed by atoms with Gasteiger partial charge >= 0.3 is 5.97 Å². The Morgan fingerprint density at radius 1 is 1.50 bits per heavy atom. The highest BCUT2D eigenvalue weighted by Crippen LogP contribution is 2.17. The van der Waals surface area contributed by atoms with Crippen molar-refractivity contribution in [1.82, 2.24) is 19.1 Å². The fraction of sp³-hybridized carbons (Fsp3) is 0.429. The van der Waals surface area contributed by atoms with Gasteiger partial charge in [0.1, 0.15) is 12.4 Å². The van der Waals surface area contributed by atoms with Gasteiger partial charge in [0.25, 0.3) is 5.56 Å². The summed E-state index contributed by atoms with van der Waals surface area (Å²) in [4.78, 5) is 31.3. The maximum absolute atomic E-state index is 12.2. The minimum Gasteiger partial charge on any atom is -0.480 e. The van der Waals surface area contributed by atoms with E-state index in [0.29, 0.717) is 0 Å². The zero-order valence-electron chi connectivity index (χ0n) is 12.2. The van der Waals surface area contributed by atoms with E-state index in [9.17, 15) is 9.59 Å². The van der Waals surface area contributed by atoms with Crippen LogP contribution in [-0.2, 0) is 24.3 Å². The van der Waals surface area contributed by atoms with Crippen LogP contribution in [0, 0.1) is 6.92 Å². The Bertz CT molecular complexity index is 764. The van der Waals surface area contributed by atoms with Gasteiger partial charge in [-0.15, -0.1) is 0 Å². The predicted octanol–water partition coefficient (Wildman–Crippen LogP) is 0.260. The summed E-state index contributed by atoms with van der Waals surface area (Å²) in [6.07, 6.45) is 6.34. The number of anilines is 1. The summed E-state index contributed by atoms with van der Waals surface area (Å²) in [5.74, 6) is 0.186. The van der Waals surface area contributed by atoms with Crippen LogP contribution >= 0.6 is 0 Å². The van der Waals surface area contributed by atoms with Crippen molar-refractivity contribution in [3.63, 3.8) is 0 Å². The van der Waals surface area contributed by atoms with E-state index in [-0.39, 0.29) is 18.4 Å². The molecule has 116 valence electrons. The van der Waals surface area contributed by atoms with E-state index in [0.717, 1.165) is 35.5 Å². The third kappa shape index (κ3) is 2.72. The van der Waals surface area contributed by atoms with Crippen molar-refractivity contribution >= 4 is 11.8 Å². The van der Waals surface area contributed by atoms with Gasteiger partial charge in [-0.2, -0.15) is 0 Å². The molecule has 2 N–H and O–H groups in total. The number of imidazole rings is 1. The van der Waals surface area contributed by atoms with Crippen molar-refractivity contribution in [3.8, 4) is 0 Å². The number of aliphatic carboxylic acids is 1. The molecule has 0 aliphatic carbocycles. The molecular weight excluding hydrogens is 286 g/mol. The average Bonchev–Trinajstić information content (AvgIpc) is 2.84. The van der Waals surface area contributed by atoms with Crippen LogP contribution in [-0.4, -0.2) is 36.2 Å². The van der Waals surface area contributed by atoms with E-state index in [1.54, 1.807) is 0 Å². The topological polar surface area (TPSA) is 102 Å². The molecule has 2 aromatic rings. The van der Waals surface area contributed by atoms with E-state index in [4.69, 9.17) is 5.11 Å². The molecule has 3 rings (SSSR count). The van der Waals surface area contributed by atoms with E-state index < -0.39 is 11.5 Å². The fourth-order valence-corrected chi connectivity index (χ4v) is 2.70. The highest BCUT2D eigenvalue weighted by atomic mass is 16.4. The summed E-state index contributed by atoms with van der Waals surface area (Å²) >= 11 is 0. The smallest absolute Gasteiger partial charge is 0.323 e. The first kappa shape index (κ1) is 14.3. The molecular formula is C14H17N5O3. The number of carbonyl (C=O) groups is 1. The van der Waals surface area contributed by atoms with Crippen LogP contribution in [0.3, 0.4) is 0 Å². The van der Waals surface area contributed by atoms with Crippen molar-refractivity contribution in [1.29, 1.82) is 0 Å². The number of aromatic nitrogens is 4. The first-order valence-electron chi connectivity index (χ1n) is 7.09. The number of rotatable bonds is 4. The third-order valence-electron chi connectivity index (χ3n) is 3.82. The number of hydrogen-bond acceptors (Lipinski definition) is 5. The number of fused-ring (bicyclic) bond motifs is 1. The van der Waals surface area contributed by atoms with E-state index in [2.05, 4.69) is 19.9 Å². The number of hydrogen-bond donors (Lipinski definition) is 2. The lowest BCUT2D eigenvalue weighted by Gasteiger charge is -2.26. The summed E-state index contributed by atoms with van der Waals surface area (Å²) in [5.41, 5.74) is 0.670. The second-order valence-corrected chi connectivity index (χ2v) is 5.41. The Morgan fingerprint density at radius 2 is 2.32 bits per heavy atom. The lowest BCUT2D eigenvalue weighted by Crippen LogP contribution is -2.36. The molecule has 2 aromatic heterocycles. The monoisotopic (exact) mass is 303 g/mol. The second-order valence-electron chi connectivity index (χ2n) is 5.41. The van der Waals surface area contributed by atoms with Gasteiger partial charge in [-0.05, 0) is 13.3 Å². The second kappa shape index (κ2) is 5.63. The maximum atomic E-state index is 12.2. The van der Waals surface area contributed by atoms with Crippen molar-refractivity contribution in [2.75, 3.05) is 5.32 Å². The molecule has 0 spiro atoms. The zero-order valence-corrected chi connectivity index (χ0v) is 12.2. The van der Waals surface area contributed by atoms with Crippen LogP contribution in [0.1, 0.15) is 17.9 Å². The largest absolute Gasteiger partial charge is 0.480 e. The molecule has 0 saturated heterocycles. The van der Waals surface area contributed by atoms with E-state index in [1.807, 2.05) is 13.1 Å². The molecule has 1 aliphatic heterocycles. The molecule has 22 heavy (non-hydrogen) atoms. The Labute approximate surface area is 126 Å². The van der Waals surface area contributed by atoms with Gasteiger partial charge in [-0.25, -0.2) is 9.97 Å². The molecule has 1 aliphatic rings. The highest BCUT2D eigenvalue weighted by molar-refractivity contribution is 5.66. The quantitative estimate of drug-likeness (QED) is 0.840. The minimum absolute atomic E-state index is 0.0706. The van der Waals surface area contributed by atoms with Gasteiger partial charge in [0.2, 0.25) is 0 Å². The molecule has 0 radical (unpaired) electrons. The van der Waals surface area contributed by atoms with Crippen LogP contribution < -0.4 is 10.9 Å². The van der Waals surface area contributed by atoms with Crippen molar-refractivity contribution in [2.24, 2.45) is 0 Å². The van der Waals surface area contributed by atoms with Crippen molar-refractivity contribution < 1.29 is 9.90 Å². The van der Waals surface area contributed by atoms with Gasteiger partial charge < -0.3 is 15.0 Å². The summed E-state index contributed by atoms with van der Waals surface area (Å²) in [5, 5.41) is 11.9. The summed E-state index contributed by atoms with van der Waals surface area (Å²) in [6.45, 7) is 2.35. The minimum atomic E-state index is -1.06. The van der Waals surface area contributed by atoms with Gasteiger partial charge in [-0.1, -0.05) is 0 Å². The average molecular weight is 303 g/mol. The molecule has 0 amide bonds. The number of nitrogens with zero attached hydrogens (tertiary/aromatic N) is 4. The van der Waals surface area contributed by atoms with Gasteiger partial charge in [-0.3, -0.25) is 14.2 Å². The lowest BCUT2D eigenvalue weighted by molar-refractivity contribution is -0.137. The molecule has 8 nitrogen and oxygen atoms in total. The SMILES string of the molecule is Cc1cnc2n1CC(Nc1nccn(CC(=O)O)c1=O)CC2. The van der Waals surface area contributed by atoms with Crippen LogP contribution in [0.15, 0.2) is 23.4 Å². The van der Waals surface area contributed by atoms with Crippen LogP contribution in [0.5, 0.6) is 0 Å². The molecule has 0 bridgehead atoms. The number of nitrogens with one attached hydrogen (secondary N) is 1. The van der Waals surface area contributed by atoms with E-state index >= 15 is 0 Å². The third-order valence-corrected chi connectivity index (χ3v) is 3.82. The zero-order chi connectivity index (χ0) is 15.7. The molecule has 0 saturated carbocycles. The first-order chi connectivity index (χ1) is 10.5. The summed E-state index contributed by atoms with van der Waals surface area (Å²) in [7, 11) is 0. The lowest BCUT2D eigenvalue weighted by atomic mass is 10.1. The van der Waals surface area contributed by atoms with Gasteiger partial charge in [0.15, 0.2) is 5.82 Å². The van der Waals surface area contributed by atoms with Crippen molar-refractivity contribution in [2.45, 2.75) is 38.9 Å². The maximum Gasteiger partial charge on any atom is 0.323 e. The highest BCUT2D eigenvalue weighted by Gasteiger charge is 2.21. The Morgan fingerprint density at radius 3 is 3.09 bits per heavy atom. The molecule has 0 aromatic carbocycles. The molecule has 3 heterocycles. The molecule has 8 heteroatoms. The summed E-state index contributed by atoms with van der Waals surface area (Å²) in [6, 6.07) is 0.0706. The Kier molecular flexibility index (Phi) is 3.66. The Hall–Kier alpha value is -2.64. The van der Waals surface area contributed by atoms with Crippen LogP contribution in [0.25, 0.3) is 0 Å². The Balaban J connectivity index is 1.78. The fourth-order valence-electron chi connectivity index (χ4n) is 2.70. The molecule has 0 fully saturated rings. The van der Waals surface area contributed by atoms with E-state index in [1.165, 1.54) is 12.4 Å². The summed E-state index contributed by atoms with van der Waals surface area (Å²) < 4.78 is 3.26. The predicted molar refractivity (Wildman–Crippen MR) is 78.8 cm³/mol. The number of aryl methyl sites for hydroxylation is 2. The van der Waals surface area contributed by atoms with Crippen LogP contribution in [0.4, 0.5) is 5.82 Å². The normalized spacial score (nSPS) is 17.0. The van der Waals surface area contributed by atoms with Gasteiger partial charge in [0, 0.05) is 43.3 Å². The number of carboxylic acids is 1. The van der Waals surface area contributed by atoms with Crippen LogP contribution in [0.2, 0.25) is 0 Å². The standard InChI is InChI=1S/C14H17N5O3/c1-9-6-16-11-3-2-10(7-19(9)11)17-13-14(22)18(5-4-15-13)8-12(20)21/h4-6,10H,2-3,7-8H2,1H3,(H,15,17)(H,20,21).